The van der Waals surface area contributed by atoms with Gasteiger partial charge in [-0.05, 0) is 51.9 Å². The van der Waals surface area contributed by atoms with Gasteiger partial charge in [-0.2, -0.15) is 0 Å². The first kappa shape index (κ1) is 20.4. The Balaban J connectivity index is 3.46. The highest BCUT2D eigenvalue weighted by Crippen LogP contribution is 1.99. The van der Waals surface area contributed by atoms with Gasteiger partial charge < -0.3 is 4.79 Å². The third-order valence-electron chi connectivity index (χ3n) is 3.06. The van der Waals surface area contributed by atoms with Crippen LogP contribution in [0, 0.1) is 0 Å². The molecule has 122 valence electrons. The van der Waals surface area contributed by atoms with E-state index in [0.29, 0.717) is 6.42 Å². The minimum Gasteiger partial charge on any atom is -0.300 e. The Kier molecular flexibility index (Phi) is 16.1. The number of allylic oxidation sites excluding steroid dienone is 10. The molecular weight excluding hydrogens is 268 g/mol. The molecule has 0 aliphatic heterocycles. The lowest BCUT2D eigenvalue weighted by Gasteiger charge is -1.90. The fraction of sp³-hybridized carbons (Fsp3) is 0.476. The van der Waals surface area contributed by atoms with Crippen molar-refractivity contribution in [1.29, 1.82) is 0 Å². The van der Waals surface area contributed by atoms with Crippen molar-refractivity contribution in [1.82, 2.24) is 0 Å². The quantitative estimate of drug-likeness (QED) is 0.280. The zero-order valence-electron chi connectivity index (χ0n) is 14.3. The van der Waals surface area contributed by atoms with Gasteiger partial charge in [0.25, 0.3) is 0 Å². The normalized spacial score (nSPS) is 12.8. The van der Waals surface area contributed by atoms with Crippen LogP contribution in [-0.2, 0) is 4.79 Å². The Morgan fingerprint density at radius 1 is 0.682 bits per heavy atom. The highest BCUT2D eigenvalue weighted by atomic mass is 16.1. The lowest BCUT2D eigenvalue weighted by Crippen LogP contribution is -1.87. The Labute approximate surface area is 137 Å². The van der Waals surface area contributed by atoms with Gasteiger partial charge in [0.2, 0.25) is 0 Å². The number of carbonyl (C=O) groups excluding carboxylic acids is 1. The van der Waals surface area contributed by atoms with Gasteiger partial charge in [0.05, 0.1) is 0 Å². The van der Waals surface area contributed by atoms with Crippen molar-refractivity contribution in [3.05, 3.63) is 60.8 Å². The van der Waals surface area contributed by atoms with Crippen molar-refractivity contribution >= 4 is 5.78 Å². The van der Waals surface area contributed by atoms with E-state index in [0.717, 1.165) is 44.9 Å². The summed E-state index contributed by atoms with van der Waals surface area (Å²) in [5, 5.41) is 0. The largest absolute Gasteiger partial charge is 0.300 e. The van der Waals surface area contributed by atoms with E-state index in [1.54, 1.807) is 6.92 Å². The minimum absolute atomic E-state index is 0.285. The van der Waals surface area contributed by atoms with Crippen LogP contribution in [0.2, 0.25) is 0 Å². The van der Waals surface area contributed by atoms with E-state index in [2.05, 4.69) is 67.7 Å². The van der Waals surface area contributed by atoms with Crippen molar-refractivity contribution < 1.29 is 4.79 Å². The van der Waals surface area contributed by atoms with Gasteiger partial charge in [0.1, 0.15) is 5.78 Å². The summed E-state index contributed by atoms with van der Waals surface area (Å²) in [7, 11) is 0. The van der Waals surface area contributed by atoms with E-state index in [4.69, 9.17) is 0 Å². The van der Waals surface area contributed by atoms with Crippen molar-refractivity contribution in [2.24, 2.45) is 0 Å². The summed E-state index contributed by atoms with van der Waals surface area (Å²) in [5.74, 6) is 0.285. The molecule has 0 unspecified atom stereocenters. The fourth-order valence-electron chi connectivity index (χ4n) is 1.84. The van der Waals surface area contributed by atoms with Gasteiger partial charge >= 0.3 is 0 Å². The maximum atomic E-state index is 10.8. The van der Waals surface area contributed by atoms with Crippen LogP contribution in [0.4, 0.5) is 0 Å². The van der Waals surface area contributed by atoms with Gasteiger partial charge in [-0.3, -0.25) is 0 Å². The second-order valence-corrected chi connectivity index (χ2v) is 5.30. The fourth-order valence-corrected chi connectivity index (χ4v) is 1.84. The van der Waals surface area contributed by atoms with Crippen molar-refractivity contribution in [3.63, 3.8) is 0 Å². The van der Waals surface area contributed by atoms with Crippen LogP contribution in [-0.4, -0.2) is 5.78 Å². The molecule has 0 N–H and O–H groups in total. The molecule has 0 heterocycles. The third kappa shape index (κ3) is 18.4. The van der Waals surface area contributed by atoms with E-state index in [1.165, 1.54) is 0 Å². The summed E-state index contributed by atoms with van der Waals surface area (Å²) < 4.78 is 0. The first-order chi connectivity index (χ1) is 10.8. The molecular formula is C21H32O. The second kappa shape index (κ2) is 17.4. The number of rotatable bonds is 13. The zero-order chi connectivity index (χ0) is 16.3. The molecule has 0 saturated carbocycles. The van der Waals surface area contributed by atoms with Gasteiger partial charge in [-0.15, -0.1) is 0 Å². The molecule has 0 saturated heterocycles. The summed E-state index contributed by atoms with van der Waals surface area (Å²) in [6.45, 7) is 3.81. The number of hydrogen-bond acceptors (Lipinski definition) is 1. The van der Waals surface area contributed by atoms with Crippen molar-refractivity contribution in [2.75, 3.05) is 0 Å². The van der Waals surface area contributed by atoms with Crippen LogP contribution in [0.5, 0.6) is 0 Å². The summed E-state index contributed by atoms with van der Waals surface area (Å²) in [6, 6.07) is 0. The lowest BCUT2D eigenvalue weighted by molar-refractivity contribution is -0.117. The average Bonchev–Trinajstić information content (AvgIpc) is 2.50. The first-order valence-corrected chi connectivity index (χ1v) is 8.51. The smallest absolute Gasteiger partial charge is 0.129 e. The Morgan fingerprint density at radius 3 is 1.50 bits per heavy atom. The van der Waals surface area contributed by atoms with Gasteiger partial charge in [0, 0.05) is 6.42 Å². The summed E-state index contributed by atoms with van der Waals surface area (Å²) >= 11 is 0. The number of Topliss-reactive ketones (excluding diaryl/α,β-unsaturated/α-hetero) is 1. The molecule has 0 spiro atoms. The van der Waals surface area contributed by atoms with E-state index in [9.17, 15) is 4.79 Å². The van der Waals surface area contributed by atoms with Crippen LogP contribution in [0.15, 0.2) is 60.8 Å². The van der Waals surface area contributed by atoms with E-state index in [-0.39, 0.29) is 5.78 Å². The molecule has 0 radical (unpaired) electrons. The third-order valence-corrected chi connectivity index (χ3v) is 3.06. The molecule has 1 heteroatoms. The molecule has 0 amide bonds. The highest BCUT2D eigenvalue weighted by Gasteiger charge is 1.89. The lowest BCUT2D eigenvalue weighted by atomic mass is 10.2. The predicted molar refractivity (Wildman–Crippen MR) is 99.0 cm³/mol. The molecule has 0 rings (SSSR count). The van der Waals surface area contributed by atoms with Crippen molar-refractivity contribution in [2.45, 2.75) is 65.2 Å². The summed E-state index contributed by atoms with van der Waals surface area (Å²) in [6.07, 6.45) is 29.8. The maximum Gasteiger partial charge on any atom is 0.129 e. The molecule has 0 aromatic heterocycles. The SMILES string of the molecule is CC/C=C/C/C=C/C/C=C/C/C=C/C/C=C/CCCC(C)=O. The Bertz CT molecular complexity index is 394. The molecule has 0 aromatic rings. The molecule has 22 heavy (non-hydrogen) atoms. The van der Waals surface area contributed by atoms with E-state index >= 15 is 0 Å². The second-order valence-electron chi connectivity index (χ2n) is 5.30. The topological polar surface area (TPSA) is 17.1 Å². The number of unbranched alkanes of at least 4 members (excludes halogenated alkanes) is 1. The zero-order valence-corrected chi connectivity index (χ0v) is 14.3. The molecule has 0 bridgehead atoms. The van der Waals surface area contributed by atoms with Crippen LogP contribution in [0.1, 0.15) is 65.2 Å². The molecule has 1 nitrogen and oxygen atoms in total. The molecule has 0 aliphatic carbocycles. The highest BCUT2D eigenvalue weighted by molar-refractivity contribution is 5.75. The average molecular weight is 300 g/mol. The summed E-state index contributed by atoms with van der Waals surface area (Å²) in [4.78, 5) is 10.8. The molecule has 0 atom stereocenters. The summed E-state index contributed by atoms with van der Waals surface area (Å²) in [5.41, 5.74) is 0. The van der Waals surface area contributed by atoms with Gasteiger partial charge in [0.15, 0.2) is 0 Å². The first-order valence-electron chi connectivity index (χ1n) is 8.51. The van der Waals surface area contributed by atoms with Crippen LogP contribution >= 0.6 is 0 Å². The maximum absolute atomic E-state index is 10.8. The number of ketones is 1. The van der Waals surface area contributed by atoms with Crippen LogP contribution in [0.25, 0.3) is 0 Å². The number of carbonyl (C=O) groups is 1. The predicted octanol–water partition coefficient (Wildman–Crippen LogP) is 6.50. The monoisotopic (exact) mass is 300 g/mol. The minimum atomic E-state index is 0.285. The molecule has 0 aliphatic rings. The standard InChI is InChI=1S/C21H32O/c1-3-4-5-6-7-8-9-10-11-12-13-14-15-16-17-18-19-20-21(2)22/h4-5,7-8,10-11,13-14,16-17H,3,6,9,12,15,18-20H2,1-2H3/b5-4+,8-7+,11-10+,14-13+,17-16+. The Morgan fingerprint density at radius 2 is 1.09 bits per heavy atom. The number of hydrogen-bond donors (Lipinski definition) is 0. The molecule has 0 aromatic carbocycles. The van der Waals surface area contributed by atoms with Crippen LogP contribution in [0.3, 0.4) is 0 Å². The van der Waals surface area contributed by atoms with E-state index < -0.39 is 0 Å². The van der Waals surface area contributed by atoms with Crippen LogP contribution < -0.4 is 0 Å². The Hall–Kier alpha value is -1.63. The van der Waals surface area contributed by atoms with E-state index in [1.807, 2.05) is 0 Å². The van der Waals surface area contributed by atoms with Gasteiger partial charge in [-0.1, -0.05) is 67.7 Å². The molecule has 0 fully saturated rings. The van der Waals surface area contributed by atoms with Gasteiger partial charge in [-0.25, -0.2) is 0 Å². The van der Waals surface area contributed by atoms with Crippen molar-refractivity contribution in [3.8, 4) is 0 Å².